The van der Waals surface area contributed by atoms with Crippen LogP contribution in [0.4, 0.5) is 17.1 Å². The molecule has 0 aromatic heterocycles. The van der Waals surface area contributed by atoms with Crippen molar-refractivity contribution in [2.45, 2.75) is 24.7 Å². The van der Waals surface area contributed by atoms with Crippen molar-refractivity contribution in [3.8, 4) is 45.5 Å². The second kappa shape index (κ2) is 13.1. The fourth-order valence-electron chi connectivity index (χ4n) is 9.64. The highest BCUT2D eigenvalue weighted by atomic mass is 15.1. The van der Waals surface area contributed by atoms with Crippen molar-refractivity contribution in [1.29, 1.82) is 10.5 Å². The fourth-order valence-corrected chi connectivity index (χ4v) is 9.64. The smallest absolute Gasteiger partial charge is 0.0991 e. The lowest BCUT2D eigenvalue weighted by molar-refractivity contribution is 0.660. The maximum atomic E-state index is 9.82. The molecule has 268 valence electrons. The Bertz CT molecular complexity index is 2890. The maximum absolute atomic E-state index is 9.82. The zero-order valence-corrected chi connectivity index (χ0v) is 31.7. The third kappa shape index (κ3) is 5.03. The van der Waals surface area contributed by atoms with Gasteiger partial charge in [0.2, 0.25) is 0 Å². The lowest BCUT2D eigenvalue weighted by atomic mass is 9.67. The molecule has 0 heterocycles. The monoisotopic (exact) mass is 727 g/mol. The lowest BCUT2D eigenvalue weighted by Crippen LogP contribution is -2.28. The number of hydrogen-bond acceptors (Lipinski definition) is 3. The Morgan fingerprint density at radius 2 is 0.947 bits per heavy atom. The molecule has 0 amide bonds. The molecule has 2 aliphatic carbocycles. The molecule has 3 nitrogen and oxygen atoms in total. The highest BCUT2D eigenvalue weighted by molar-refractivity contribution is 6.00. The number of anilines is 3. The summed E-state index contributed by atoms with van der Waals surface area (Å²) in [7, 11) is 0. The summed E-state index contributed by atoms with van der Waals surface area (Å²) < 4.78 is 0. The highest BCUT2D eigenvalue weighted by Gasteiger charge is 2.47. The molecule has 8 aromatic carbocycles. The lowest BCUT2D eigenvalue weighted by Gasteiger charge is -2.35. The van der Waals surface area contributed by atoms with Crippen molar-refractivity contribution in [2.24, 2.45) is 0 Å². The molecule has 0 atom stereocenters. The van der Waals surface area contributed by atoms with E-state index in [1.807, 2.05) is 24.3 Å². The average Bonchev–Trinajstić information content (AvgIpc) is 3.70. The first-order valence-corrected chi connectivity index (χ1v) is 19.4. The Hall–Kier alpha value is -7.46. The van der Waals surface area contributed by atoms with Crippen LogP contribution in [0.1, 0.15) is 58.4 Å². The Morgan fingerprint density at radius 3 is 1.61 bits per heavy atom. The number of fused-ring (bicyclic) bond motifs is 6. The van der Waals surface area contributed by atoms with Crippen LogP contribution >= 0.6 is 0 Å². The minimum Gasteiger partial charge on any atom is -0.309 e. The van der Waals surface area contributed by atoms with E-state index in [-0.39, 0.29) is 5.41 Å². The van der Waals surface area contributed by atoms with Crippen molar-refractivity contribution < 1.29 is 0 Å². The van der Waals surface area contributed by atoms with Gasteiger partial charge in [0.1, 0.15) is 0 Å². The number of nitriles is 2. The summed E-state index contributed by atoms with van der Waals surface area (Å²) in [6.45, 7) is 4.67. The number of hydrogen-bond donors (Lipinski definition) is 0. The third-order valence-corrected chi connectivity index (χ3v) is 12.2. The van der Waals surface area contributed by atoms with E-state index >= 15 is 0 Å². The van der Waals surface area contributed by atoms with Crippen LogP contribution < -0.4 is 4.90 Å². The standard InChI is InChI=1S/C54H37N3/c1-53(2)46-18-9-6-16-43(46)44-32-31-41(33-49(44)53)57(50-21-11-8-15-42(50)38-13-4-3-5-14-38)51-22-12-20-48-52(51)45-17-7-10-19-47(45)54(48,39-27-23-36(34-55)24-28-39)40-29-25-37(35-56)26-30-40/h3-33H,1-2H3. The largest absolute Gasteiger partial charge is 0.309 e. The molecule has 0 saturated heterocycles. The van der Waals surface area contributed by atoms with Gasteiger partial charge in [0.05, 0.1) is 40.1 Å². The predicted molar refractivity (Wildman–Crippen MR) is 231 cm³/mol. The van der Waals surface area contributed by atoms with Crippen LogP contribution in [-0.2, 0) is 10.8 Å². The Labute approximate surface area is 334 Å². The summed E-state index contributed by atoms with van der Waals surface area (Å²) in [6, 6.07) is 71.3. The van der Waals surface area contributed by atoms with E-state index in [1.165, 1.54) is 22.3 Å². The summed E-state index contributed by atoms with van der Waals surface area (Å²) in [5, 5.41) is 19.6. The van der Waals surface area contributed by atoms with Gasteiger partial charge in [-0.25, -0.2) is 0 Å². The van der Waals surface area contributed by atoms with Crippen LogP contribution in [0, 0.1) is 22.7 Å². The van der Waals surface area contributed by atoms with Gasteiger partial charge in [-0.05, 0) is 104 Å². The average molecular weight is 728 g/mol. The minimum absolute atomic E-state index is 0.182. The first-order chi connectivity index (χ1) is 27.9. The molecule has 0 saturated carbocycles. The van der Waals surface area contributed by atoms with Crippen molar-refractivity contribution in [3.63, 3.8) is 0 Å². The number of rotatable bonds is 6. The van der Waals surface area contributed by atoms with Gasteiger partial charge < -0.3 is 4.90 Å². The van der Waals surface area contributed by atoms with Gasteiger partial charge in [-0.3, -0.25) is 0 Å². The second-order valence-electron chi connectivity index (χ2n) is 15.5. The second-order valence-corrected chi connectivity index (χ2v) is 15.5. The third-order valence-electron chi connectivity index (χ3n) is 12.2. The van der Waals surface area contributed by atoms with E-state index in [1.54, 1.807) is 0 Å². The molecule has 0 bridgehead atoms. The van der Waals surface area contributed by atoms with Crippen molar-refractivity contribution in [3.05, 3.63) is 233 Å². The molecule has 0 spiro atoms. The number of benzene rings is 8. The molecular formula is C54H37N3. The van der Waals surface area contributed by atoms with Crippen LogP contribution in [0.3, 0.4) is 0 Å². The molecular weight excluding hydrogens is 691 g/mol. The number of para-hydroxylation sites is 1. The topological polar surface area (TPSA) is 50.8 Å². The molecule has 2 aliphatic rings. The van der Waals surface area contributed by atoms with E-state index in [9.17, 15) is 10.5 Å². The van der Waals surface area contributed by atoms with Gasteiger partial charge in [-0.1, -0.05) is 153 Å². The van der Waals surface area contributed by atoms with E-state index in [4.69, 9.17) is 0 Å². The van der Waals surface area contributed by atoms with Crippen LogP contribution in [0.25, 0.3) is 33.4 Å². The quantitative estimate of drug-likeness (QED) is 0.171. The predicted octanol–water partition coefficient (Wildman–Crippen LogP) is 13.2. The van der Waals surface area contributed by atoms with Crippen LogP contribution in [0.2, 0.25) is 0 Å². The Kier molecular flexibility index (Phi) is 7.82. The zero-order chi connectivity index (χ0) is 38.7. The zero-order valence-electron chi connectivity index (χ0n) is 31.7. The maximum Gasteiger partial charge on any atom is 0.0991 e. The molecule has 3 heteroatoms. The van der Waals surface area contributed by atoms with Gasteiger partial charge in [0.25, 0.3) is 0 Å². The molecule has 0 fully saturated rings. The molecule has 0 unspecified atom stereocenters. The van der Waals surface area contributed by atoms with Crippen LogP contribution in [0.5, 0.6) is 0 Å². The summed E-state index contributed by atoms with van der Waals surface area (Å²) >= 11 is 0. The van der Waals surface area contributed by atoms with E-state index in [2.05, 4.69) is 195 Å². The van der Waals surface area contributed by atoms with Crippen LogP contribution in [-0.4, -0.2) is 0 Å². The Balaban J connectivity index is 1.30. The van der Waals surface area contributed by atoms with Gasteiger partial charge in [0.15, 0.2) is 0 Å². The molecule has 8 aromatic rings. The SMILES string of the molecule is CC1(C)c2ccccc2-c2ccc(N(c3ccccc3-c3ccccc3)c3cccc4c3-c3ccccc3C4(c3ccc(C#N)cc3)c3ccc(C#N)cc3)cc21. The molecule has 0 aliphatic heterocycles. The highest BCUT2D eigenvalue weighted by Crippen LogP contribution is 2.60. The minimum atomic E-state index is -0.726. The first-order valence-electron chi connectivity index (χ1n) is 19.4. The van der Waals surface area contributed by atoms with E-state index in [0.717, 1.165) is 61.6 Å². The van der Waals surface area contributed by atoms with Crippen molar-refractivity contribution in [2.75, 3.05) is 4.90 Å². The summed E-state index contributed by atoms with van der Waals surface area (Å²) in [6.07, 6.45) is 0. The first kappa shape index (κ1) is 34.1. The molecule has 0 N–H and O–H groups in total. The van der Waals surface area contributed by atoms with Crippen molar-refractivity contribution >= 4 is 17.1 Å². The summed E-state index contributed by atoms with van der Waals surface area (Å²) in [4.78, 5) is 2.46. The molecule has 57 heavy (non-hydrogen) atoms. The molecule has 0 radical (unpaired) electrons. The van der Waals surface area contributed by atoms with E-state index < -0.39 is 5.41 Å². The summed E-state index contributed by atoms with van der Waals surface area (Å²) in [5.41, 5.74) is 17.8. The Morgan fingerprint density at radius 1 is 0.421 bits per heavy atom. The van der Waals surface area contributed by atoms with Crippen molar-refractivity contribution in [1.82, 2.24) is 0 Å². The summed E-state index contributed by atoms with van der Waals surface area (Å²) in [5.74, 6) is 0. The molecule has 10 rings (SSSR count). The van der Waals surface area contributed by atoms with Gasteiger partial charge >= 0.3 is 0 Å². The van der Waals surface area contributed by atoms with E-state index in [0.29, 0.717) is 11.1 Å². The number of nitrogens with zero attached hydrogens (tertiary/aromatic N) is 3. The van der Waals surface area contributed by atoms with Crippen LogP contribution in [0.15, 0.2) is 188 Å². The van der Waals surface area contributed by atoms with Gasteiger partial charge in [0, 0.05) is 22.2 Å². The normalized spacial score (nSPS) is 13.7. The van der Waals surface area contributed by atoms with Gasteiger partial charge in [-0.2, -0.15) is 10.5 Å². The van der Waals surface area contributed by atoms with Gasteiger partial charge in [-0.15, -0.1) is 0 Å². The fraction of sp³-hybridized carbons (Fsp3) is 0.0741.